The van der Waals surface area contributed by atoms with Crippen molar-refractivity contribution in [1.29, 1.82) is 0 Å². The monoisotopic (exact) mass is 264 g/mol. The molecule has 4 nitrogen and oxygen atoms in total. The van der Waals surface area contributed by atoms with Crippen molar-refractivity contribution in [2.75, 3.05) is 40.5 Å². The summed E-state index contributed by atoms with van der Waals surface area (Å²) in [4.78, 5) is 0. The molecule has 0 bridgehead atoms. The average Bonchev–Trinajstić information content (AvgIpc) is 2.46. The standard InChI is InChI=1S/C15H24N2O2/c1-18-11-14(19-2)10-17-9-13-8-16-7-12-5-3-4-6-15(12)13/h3-6,13-14,16-17H,7-11H2,1-2H3. The summed E-state index contributed by atoms with van der Waals surface area (Å²) in [5, 5.41) is 6.96. The maximum absolute atomic E-state index is 5.35. The van der Waals surface area contributed by atoms with E-state index in [9.17, 15) is 0 Å². The van der Waals surface area contributed by atoms with E-state index in [-0.39, 0.29) is 6.10 Å². The Morgan fingerprint density at radius 2 is 2.21 bits per heavy atom. The molecule has 0 spiro atoms. The van der Waals surface area contributed by atoms with Crippen LogP contribution < -0.4 is 10.6 Å². The number of methoxy groups -OCH3 is 2. The van der Waals surface area contributed by atoms with Crippen molar-refractivity contribution in [3.8, 4) is 0 Å². The first-order chi connectivity index (χ1) is 9.35. The Labute approximate surface area is 115 Å². The van der Waals surface area contributed by atoms with Crippen molar-refractivity contribution < 1.29 is 9.47 Å². The molecule has 2 rings (SSSR count). The van der Waals surface area contributed by atoms with E-state index < -0.39 is 0 Å². The van der Waals surface area contributed by atoms with E-state index in [1.165, 1.54) is 11.1 Å². The van der Waals surface area contributed by atoms with Crippen molar-refractivity contribution in [2.24, 2.45) is 0 Å². The lowest BCUT2D eigenvalue weighted by atomic mass is 9.91. The number of nitrogens with one attached hydrogen (secondary N) is 2. The van der Waals surface area contributed by atoms with Crippen LogP contribution in [0.15, 0.2) is 24.3 Å². The lowest BCUT2D eigenvalue weighted by molar-refractivity contribution is 0.0288. The van der Waals surface area contributed by atoms with Gasteiger partial charge in [0.2, 0.25) is 0 Å². The van der Waals surface area contributed by atoms with E-state index in [2.05, 4.69) is 34.9 Å². The van der Waals surface area contributed by atoms with Gasteiger partial charge in [0.15, 0.2) is 0 Å². The van der Waals surface area contributed by atoms with Crippen LogP contribution >= 0.6 is 0 Å². The highest BCUT2D eigenvalue weighted by molar-refractivity contribution is 5.32. The van der Waals surface area contributed by atoms with Gasteiger partial charge >= 0.3 is 0 Å². The first kappa shape index (κ1) is 14.5. The van der Waals surface area contributed by atoms with Gasteiger partial charge in [-0.05, 0) is 11.1 Å². The molecule has 1 aliphatic heterocycles. The Balaban J connectivity index is 1.84. The third-order valence-corrected chi connectivity index (χ3v) is 3.65. The minimum Gasteiger partial charge on any atom is -0.382 e. The van der Waals surface area contributed by atoms with Crippen LogP contribution in [0.1, 0.15) is 17.0 Å². The van der Waals surface area contributed by atoms with E-state index in [0.717, 1.165) is 26.2 Å². The van der Waals surface area contributed by atoms with Crippen LogP contribution in [0.4, 0.5) is 0 Å². The summed E-state index contributed by atoms with van der Waals surface area (Å²) >= 11 is 0. The number of hydrogen-bond donors (Lipinski definition) is 2. The molecule has 4 heteroatoms. The molecular formula is C15H24N2O2. The van der Waals surface area contributed by atoms with E-state index in [1.54, 1.807) is 14.2 Å². The number of benzene rings is 1. The summed E-state index contributed by atoms with van der Waals surface area (Å²) in [6, 6.07) is 8.68. The van der Waals surface area contributed by atoms with E-state index >= 15 is 0 Å². The summed E-state index contributed by atoms with van der Waals surface area (Å²) in [6.07, 6.45) is 0.122. The normalized spacial score (nSPS) is 20.0. The van der Waals surface area contributed by atoms with Crippen LogP contribution in [-0.4, -0.2) is 46.6 Å². The van der Waals surface area contributed by atoms with Crippen LogP contribution in [0.5, 0.6) is 0 Å². The molecule has 1 aliphatic rings. The fourth-order valence-electron chi connectivity index (χ4n) is 2.58. The Bertz CT molecular complexity index is 384. The van der Waals surface area contributed by atoms with Crippen LogP contribution in [0, 0.1) is 0 Å². The van der Waals surface area contributed by atoms with Crippen molar-refractivity contribution >= 4 is 0 Å². The predicted octanol–water partition coefficient (Wildman–Crippen LogP) is 1.12. The van der Waals surface area contributed by atoms with Gasteiger partial charge < -0.3 is 20.1 Å². The number of hydrogen-bond acceptors (Lipinski definition) is 4. The first-order valence-electron chi connectivity index (χ1n) is 6.86. The Morgan fingerprint density at radius 3 is 3.00 bits per heavy atom. The molecule has 0 amide bonds. The van der Waals surface area contributed by atoms with Crippen molar-refractivity contribution in [2.45, 2.75) is 18.6 Å². The molecule has 0 fully saturated rings. The number of ether oxygens (including phenoxy) is 2. The highest BCUT2D eigenvalue weighted by Gasteiger charge is 2.19. The second kappa shape index (κ2) is 7.60. The molecule has 0 saturated carbocycles. The first-order valence-corrected chi connectivity index (χ1v) is 6.86. The highest BCUT2D eigenvalue weighted by atomic mass is 16.5. The lowest BCUT2D eigenvalue weighted by Gasteiger charge is -2.27. The highest BCUT2D eigenvalue weighted by Crippen LogP contribution is 2.22. The molecule has 0 aromatic heterocycles. The van der Waals surface area contributed by atoms with Gasteiger partial charge in [0.05, 0.1) is 12.7 Å². The van der Waals surface area contributed by atoms with Crippen molar-refractivity contribution in [3.05, 3.63) is 35.4 Å². The fourth-order valence-corrected chi connectivity index (χ4v) is 2.58. The van der Waals surface area contributed by atoms with Gasteiger partial charge in [-0.1, -0.05) is 24.3 Å². The smallest absolute Gasteiger partial charge is 0.0928 e. The van der Waals surface area contributed by atoms with Gasteiger partial charge in [-0.25, -0.2) is 0 Å². The van der Waals surface area contributed by atoms with Gasteiger partial charge in [0.25, 0.3) is 0 Å². The van der Waals surface area contributed by atoms with Crippen LogP contribution in [-0.2, 0) is 16.0 Å². The third kappa shape index (κ3) is 4.01. The molecule has 106 valence electrons. The Hall–Kier alpha value is -0.940. The minimum absolute atomic E-state index is 0.122. The second-order valence-electron chi connectivity index (χ2n) is 5.00. The van der Waals surface area contributed by atoms with Crippen molar-refractivity contribution in [3.63, 3.8) is 0 Å². The largest absolute Gasteiger partial charge is 0.382 e. The SMILES string of the molecule is COCC(CNCC1CNCc2ccccc21)OC. The summed E-state index contributed by atoms with van der Waals surface area (Å²) in [7, 11) is 3.43. The molecule has 0 aliphatic carbocycles. The molecule has 0 saturated heterocycles. The molecule has 1 aromatic rings. The zero-order chi connectivity index (χ0) is 13.5. The van der Waals surface area contributed by atoms with Crippen molar-refractivity contribution in [1.82, 2.24) is 10.6 Å². The molecule has 1 heterocycles. The molecule has 19 heavy (non-hydrogen) atoms. The number of fused-ring (bicyclic) bond motifs is 1. The van der Waals surface area contributed by atoms with Gasteiger partial charge in [-0.3, -0.25) is 0 Å². The Kier molecular flexibility index (Phi) is 5.79. The fraction of sp³-hybridized carbons (Fsp3) is 0.600. The predicted molar refractivity (Wildman–Crippen MR) is 76.4 cm³/mol. The van der Waals surface area contributed by atoms with Gasteiger partial charge in [0, 0.05) is 46.3 Å². The quantitative estimate of drug-likeness (QED) is 0.774. The molecule has 2 N–H and O–H groups in total. The maximum Gasteiger partial charge on any atom is 0.0928 e. The van der Waals surface area contributed by atoms with E-state index in [0.29, 0.717) is 12.5 Å². The number of rotatable bonds is 7. The zero-order valence-corrected chi connectivity index (χ0v) is 11.8. The molecule has 0 radical (unpaired) electrons. The molecule has 2 atom stereocenters. The second-order valence-corrected chi connectivity index (χ2v) is 5.00. The molecular weight excluding hydrogens is 240 g/mol. The third-order valence-electron chi connectivity index (χ3n) is 3.65. The molecule has 2 unspecified atom stereocenters. The summed E-state index contributed by atoms with van der Waals surface area (Å²) < 4.78 is 10.5. The topological polar surface area (TPSA) is 42.5 Å². The van der Waals surface area contributed by atoms with Crippen LogP contribution in [0.2, 0.25) is 0 Å². The Morgan fingerprint density at radius 1 is 1.37 bits per heavy atom. The van der Waals surface area contributed by atoms with Gasteiger partial charge in [-0.2, -0.15) is 0 Å². The van der Waals surface area contributed by atoms with Crippen LogP contribution in [0.3, 0.4) is 0 Å². The van der Waals surface area contributed by atoms with Crippen LogP contribution in [0.25, 0.3) is 0 Å². The summed E-state index contributed by atoms with van der Waals surface area (Å²) in [5.41, 5.74) is 2.88. The molecule has 1 aromatic carbocycles. The van der Waals surface area contributed by atoms with E-state index in [1.807, 2.05) is 0 Å². The van der Waals surface area contributed by atoms with E-state index in [4.69, 9.17) is 9.47 Å². The maximum atomic E-state index is 5.35. The van der Waals surface area contributed by atoms with Gasteiger partial charge in [0.1, 0.15) is 0 Å². The summed E-state index contributed by atoms with van der Waals surface area (Å²) in [5.74, 6) is 0.532. The lowest BCUT2D eigenvalue weighted by Crippen LogP contribution is -2.38. The van der Waals surface area contributed by atoms with Gasteiger partial charge in [-0.15, -0.1) is 0 Å². The minimum atomic E-state index is 0.122. The average molecular weight is 264 g/mol. The summed E-state index contributed by atoms with van der Waals surface area (Å²) in [6.45, 7) is 4.43. The zero-order valence-electron chi connectivity index (χ0n) is 11.8.